The number of hydrogen-bond donors (Lipinski definition) is 2. The van der Waals surface area contributed by atoms with Crippen molar-refractivity contribution >= 4 is 32.8 Å². The predicted molar refractivity (Wildman–Crippen MR) is 101 cm³/mol. The lowest BCUT2D eigenvalue weighted by Crippen LogP contribution is -2.14. The summed E-state index contributed by atoms with van der Waals surface area (Å²) in [5, 5.41) is 4.55. The van der Waals surface area contributed by atoms with E-state index in [1.807, 2.05) is 0 Å². The van der Waals surface area contributed by atoms with Gasteiger partial charge in [0.1, 0.15) is 0 Å². The molecule has 0 spiro atoms. The molecule has 0 bridgehead atoms. The van der Waals surface area contributed by atoms with Gasteiger partial charge in [-0.3, -0.25) is 4.72 Å². The van der Waals surface area contributed by atoms with E-state index in [2.05, 4.69) is 20.2 Å². The molecule has 2 aromatic carbocycles. The van der Waals surface area contributed by atoms with Crippen molar-refractivity contribution < 1.29 is 21.6 Å². The third-order valence-corrected chi connectivity index (χ3v) is 5.19. The molecule has 3 aromatic rings. The molecule has 146 valence electrons. The number of halogens is 3. The van der Waals surface area contributed by atoms with Gasteiger partial charge in [-0.25, -0.2) is 13.4 Å². The SMILES string of the molecule is CN/N=C/c1ccc2cccc(NS(=O)(=O)c3ccc(C(F)(F)F)cc3)c2n1. The van der Waals surface area contributed by atoms with Gasteiger partial charge in [0.25, 0.3) is 10.0 Å². The number of rotatable bonds is 5. The van der Waals surface area contributed by atoms with Gasteiger partial charge in [0, 0.05) is 12.4 Å². The smallest absolute Gasteiger partial charge is 0.313 e. The Bertz CT molecular complexity index is 1130. The van der Waals surface area contributed by atoms with Crippen LogP contribution in [0, 0.1) is 0 Å². The second kappa shape index (κ2) is 7.47. The molecule has 0 radical (unpaired) electrons. The van der Waals surface area contributed by atoms with Gasteiger partial charge in [0.2, 0.25) is 0 Å². The van der Waals surface area contributed by atoms with Gasteiger partial charge in [-0.15, -0.1) is 0 Å². The predicted octanol–water partition coefficient (Wildman–Crippen LogP) is 3.61. The second-order valence-electron chi connectivity index (χ2n) is 5.72. The molecule has 2 N–H and O–H groups in total. The Hall–Kier alpha value is -3.14. The van der Waals surface area contributed by atoms with Gasteiger partial charge in [0.15, 0.2) is 0 Å². The Balaban J connectivity index is 1.97. The zero-order valence-electron chi connectivity index (χ0n) is 14.5. The summed E-state index contributed by atoms with van der Waals surface area (Å²) in [5.74, 6) is 0. The average Bonchev–Trinajstić information content (AvgIpc) is 2.66. The van der Waals surface area contributed by atoms with Crippen molar-refractivity contribution in [3.63, 3.8) is 0 Å². The van der Waals surface area contributed by atoms with Crippen LogP contribution in [0.4, 0.5) is 18.9 Å². The first-order valence-corrected chi connectivity index (χ1v) is 9.49. The van der Waals surface area contributed by atoms with Crippen LogP contribution in [0.25, 0.3) is 10.9 Å². The van der Waals surface area contributed by atoms with E-state index in [0.29, 0.717) is 16.6 Å². The molecule has 0 unspecified atom stereocenters. The summed E-state index contributed by atoms with van der Waals surface area (Å²) >= 11 is 0. The Morgan fingerprint density at radius 1 is 1.04 bits per heavy atom. The van der Waals surface area contributed by atoms with Crippen LogP contribution in [-0.4, -0.2) is 26.7 Å². The molecule has 1 aromatic heterocycles. The van der Waals surface area contributed by atoms with Crippen molar-refractivity contribution in [1.29, 1.82) is 0 Å². The Morgan fingerprint density at radius 3 is 2.39 bits per heavy atom. The van der Waals surface area contributed by atoms with Gasteiger partial charge in [0.05, 0.1) is 33.6 Å². The molecule has 3 rings (SSSR count). The topological polar surface area (TPSA) is 83.5 Å². The summed E-state index contributed by atoms with van der Waals surface area (Å²) in [7, 11) is -2.47. The number of para-hydroxylation sites is 1. The van der Waals surface area contributed by atoms with Crippen molar-refractivity contribution in [2.24, 2.45) is 5.10 Å². The fourth-order valence-electron chi connectivity index (χ4n) is 2.47. The first kappa shape index (κ1) is 19.6. The van der Waals surface area contributed by atoms with E-state index in [1.54, 1.807) is 31.3 Å². The third-order valence-electron chi connectivity index (χ3n) is 3.80. The van der Waals surface area contributed by atoms with Crippen LogP contribution in [0.5, 0.6) is 0 Å². The maximum absolute atomic E-state index is 12.7. The fraction of sp³-hybridized carbons (Fsp3) is 0.111. The van der Waals surface area contributed by atoms with E-state index in [4.69, 9.17) is 0 Å². The monoisotopic (exact) mass is 408 g/mol. The van der Waals surface area contributed by atoms with E-state index < -0.39 is 21.8 Å². The molecule has 0 fully saturated rings. The number of anilines is 1. The summed E-state index contributed by atoms with van der Waals surface area (Å²) in [6, 6.07) is 11.7. The molecule has 6 nitrogen and oxygen atoms in total. The minimum atomic E-state index is -4.54. The lowest BCUT2D eigenvalue weighted by atomic mass is 10.2. The lowest BCUT2D eigenvalue weighted by molar-refractivity contribution is -0.137. The summed E-state index contributed by atoms with van der Waals surface area (Å²) in [4.78, 5) is 4.09. The van der Waals surface area contributed by atoms with Crippen molar-refractivity contribution in [3.05, 3.63) is 65.9 Å². The lowest BCUT2D eigenvalue weighted by Gasteiger charge is -2.12. The number of hydrazone groups is 1. The van der Waals surface area contributed by atoms with Gasteiger partial charge in [-0.1, -0.05) is 18.2 Å². The zero-order chi connectivity index (χ0) is 20.4. The highest BCUT2D eigenvalue weighted by Crippen LogP contribution is 2.30. The van der Waals surface area contributed by atoms with E-state index in [9.17, 15) is 21.6 Å². The number of sulfonamides is 1. The van der Waals surface area contributed by atoms with Crippen LogP contribution in [-0.2, 0) is 16.2 Å². The molecule has 0 atom stereocenters. The van der Waals surface area contributed by atoms with Crippen LogP contribution >= 0.6 is 0 Å². The highest BCUT2D eigenvalue weighted by atomic mass is 32.2. The number of nitrogens with one attached hydrogen (secondary N) is 2. The first-order valence-electron chi connectivity index (χ1n) is 8.00. The Morgan fingerprint density at radius 2 is 1.75 bits per heavy atom. The van der Waals surface area contributed by atoms with Crippen LogP contribution in [0.3, 0.4) is 0 Å². The molecule has 0 aliphatic carbocycles. The van der Waals surface area contributed by atoms with Crippen molar-refractivity contribution in [1.82, 2.24) is 10.4 Å². The quantitative estimate of drug-likeness (QED) is 0.499. The van der Waals surface area contributed by atoms with E-state index in [1.165, 1.54) is 12.3 Å². The van der Waals surface area contributed by atoms with Crippen LogP contribution in [0.2, 0.25) is 0 Å². The van der Waals surface area contributed by atoms with E-state index >= 15 is 0 Å². The summed E-state index contributed by atoms with van der Waals surface area (Å²) < 4.78 is 65.6. The average molecular weight is 408 g/mol. The minimum Gasteiger partial charge on any atom is -0.313 e. The summed E-state index contributed by atoms with van der Waals surface area (Å²) in [6.45, 7) is 0. The number of nitrogens with zero attached hydrogens (tertiary/aromatic N) is 2. The normalized spacial score (nSPS) is 12.4. The Kier molecular flexibility index (Phi) is 5.23. The molecule has 10 heteroatoms. The standard InChI is InChI=1S/C18H15F3N4O2S/c1-22-23-11-14-8-5-12-3-2-4-16(17(12)24-14)25-28(26,27)15-9-6-13(7-10-15)18(19,20)21/h2-11,22,25H,1H3/b23-11+. The molecule has 28 heavy (non-hydrogen) atoms. The van der Waals surface area contributed by atoms with Crippen molar-refractivity contribution in [3.8, 4) is 0 Å². The number of hydrogen-bond acceptors (Lipinski definition) is 5. The largest absolute Gasteiger partial charge is 0.416 e. The summed E-state index contributed by atoms with van der Waals surface area (Å²) in [6.07, 6.45) is -3.07. The molecular weight excluding hydrogens is 393 g/mol. The van der Waals surface area contributed by atoms with Crippen LogP contribution in [0.15, 0.2) is 64.6 Å². The van der Waals surface area contributed by atoms with Crippen LogP contribution in [0.1, 0.15) is 11.3 Å². The molecule has 0 amide bonds. The highest BCUT2D eigenvalue weighted by molar-refractivity contribution is 7.92. The zero-order valence-corrected chi connectivity index (χ0v) is 15.3. The molecular formula is C18H15F3N4O2S. The summed E-state index contributed by atoms with van der Waals surface area (Å²) in [5.41, 5.74) is 2.76. The van der Waals surface area contributed by atoms with Gasteiger partial charge in [-0.05, 0) is 36.4 Å². The number of benzene rings is 2. The molecule has 0 saturated carbocycles. The van der Waals surface area contributed by atoms with Gasteiger partial charge < -0.3 is 5.43 Å². The molecule has 1 heterocycles. The third kappa shape index (κ3) is 4.22. The first-order chi connectivity index (χ1) is 13.2. The molecule has 0 saturated heterocycles. The number of alkyl halides is 3. The number of pyridine rings is 1. The van der Waals surface area contributed by atoms with Gasteiger partial charge >= 0.3 is 6.18 Å². The van der Waals surface area contributed by atoms with Crippen LogP contribution < -0.4 is 10.1 Å². The molecule has 0 aliphatic rings. The number of fused-ring (bicyclic) bond motifs is 1. The van der Waals surface area contributed by atoms with E-state index in [-0.39, 0.29) is 10.6 Å². The fourth-order valence-corrected chi connectivity index (χ4v) is 3.54. The number of aromatic nitrogens is 1. The van der Waals surface area contributed by atoms with Crippen molar-refractivity contribution in [2.75, 3.05) is 11.8 Å². The Labute approximate surface area is 159 Å². The minimum absolute atomic E-state index is 0.206. The van der Waals surface area contributed by atoms with E-state index in [0.717, 1.165) is 24.3 Å². The maximum Gasteiger partial charge on any atom is 0.416 e. The van der Waals surface area contributed by atoms with Gasteiger partial charge in [-0.2, -0.15) is 18.3 Å². The molecule has 0 aliphatic heterocycles. The highest BCUT2D eigenvalue weighted by Gasteiger charge is 2.30. The second-order valence-corrected chi connectivity index (χ2v) is 7.41. The maximum atomic E-state index is 12.7. The van der Waals surface area contributed by atoms with Crippen molar-refractivity contribution in [2.45, 2.75) is 11.1 Å².